The number of nitrogens with zero attached hydrogens (tertiary/aromatic N) is 1. The first-order valence-corrected chi connectivity index (χ1v) is 5.01. The number of fused-ring (bicyclic) bond motifs is 1. The molecule has 0 N–H and O–H groups in total. The van der Waals surface area contributed by atoms with E-state index in [0.29, 0.717) is 19.0 Å². The minimum absolute atomic E-state index is 0.338. The lowest BCUT2D eigenvalue weighted by molar-refractivity contribution is 0.0524. The van der Waals surface area contributed by atoms with Crippen molar-refractivity contribution in [2.24, 2.45) is 11.3 Å². The van der Waals surface area contributed by atoms with Crippen molar-refractivity contribution < 1.29 is 8.78 Å². The van der Waals surface area contributed by atoms with E-state index >= 15 is 0 Å². The second-order valence-electron chi connectivity index (χ2n) is 4.95. The van der Waals surface area contributed by atoms with Gasteiger partial charge < -0.3 is 4.90 Å². The van der Waals surface area contributed by atoms with E-state index in [2.05, 4.69) is 18.7 Å². The molecule has 0 bridgehead atoms. The monoisotopic (exact) mass is 189 g/mol. The van der Waals surface area contributed by atoms with Crippen molar-refractivity contribution in [3.63, 3.8) is 0 Å². The Hall–Kier alpha value is -0.180. The quantitative estimate of drug-likeness (QED) is 0.612. The Morgan fingerprint density at radius 2 is 2.00 bits per heavy atom. The Morgan fingerprint density at radius 1 is 1.38 bits per heavy atom. The summed E-state index contributed by atoms with van der Waals surface area (Å²) in [5, 5.41) is 0. The van der Waals surface area contributed by atoms with Crippen molar-refractivity contribution in [2.75, 3.05) is 13.1 Å². The molecule has 2 rings (SSSR count). The molecular formula is C10H17F2N. The lowest BCUT2D eigenvalue weighted by Crippen LogP contribution is -2.40. The molecular weight excluding hydrogens is 172 g/mol. The summed E-state index contributed by atoms with van der Waals surface area (Å²) in [7, 11) is 0. The van der Waals surface area contributed by atoms with E-state index in [1.54, 1.807) is 6.92 Å². The van der Waals surface area contributed by atoms with Crippen molar-refractivity contribution >= 4 is 0 Å². The second-order valence-corrected chi connectivity index (χ2v) is 4.95. The van der Waals surface area contributed by atoms with Crippen LogP contribution in [0, 0.1) is 11.3 Å². The Balaban J connectivity index is 2.09. The number of alkyl halides is 2. The van der Waals surface area contributed by atoms with Gasteiger partial charge in [-0.3, -0.25) is 0 Å². The van der Waals surface area contributed by atoms with Gasteiger partial charge >= 0.3 is 0 Å². The normalized spacial score (nSPS) is 43.4. The molecule has 0 radical (unpaired) electrons. The molecule has 2 atom stereocenters. The van der Waals surface area contributed by atoms with Crippen LogP contribution in [0.25, 0.3) is 0 Å². The summed E-state index contributed by atoms with van der Waals surface area (Å²) in [5.41, 5.74) is -0.713. The number of halogens is 2. The largest absolute Gasteiger partial charge is 0.300 e. The summed E-state index contributed by atoms with van der Waals surface area (Å²) in [6, 6.07) is 0.397. The van der Waals surface area contributed by atoms with Gasteiger partial charge in [-0.1, -0.05) is 6.92 Å². The number of hydrogen-bond acceptors (Lipinski definition) is 1. The van der Waals surface area contributed by atoms with E-state index in [1.165, 1.54) is 0 Å². The Kier molecular flexibility index (Phi) is 1.76. The van der Waals surface area contributed by atoms with Gasteiger partial charge in [0.15, 0.2) is 0 Å². The zero-order valence-corrected chi connectivity index (χ0v) is 8.48. The van der Waals surface area contributed by atoms with Gasteiger partial charge in [-0.05, 0) is 26.8 Å². The number of hydrogen-bond donors (Lipinski definition) is 0. The number of piperidine rings is 1. The third-order valence-electron chi connectivity index (χ3n) is 3.85. The van der Waals surface area contributed by atoms with Gasteiger partial charge in [-0.15, -0.1) is 0 Å². The zero-order chi connectivity index (χ0) is 9.85. The molecule has 1 saturated carbocycles. The van der Waals surface area contributed by atoms with Gasteiger partial charge in [-0.25, -0.2) is 8.78 Å². The number of rotatable bonds is 1. The van der Waals surface area contributed by atoms with E-state index in [9.17, 15) is 8.78 Å². The SMILES string of the molecule is CC(C)N1CCC2C(F)(F)C2(C)C1. The topological polar surface area (TPSA) is 3.24 Å². The zero-order valence-electron chi connectivity index (χ0n) is 8.48. The molecule has 76 valence electrons. The van der Waals surface area contributed by atoms with Crippen LogP contribution in [0.3, 0.4) is 0 Å². The molecule has 3 heteroatoms. The lowest BCUT2D eigenvalue weighted by atomic mass is 9.98. The molecule has 2 unspecified atom stereocenters. The van der Waals surface area contributed by atoms with Crippen LogP contribution in [0.4, 0.5) is 8.78 Å². The fourth-order valence-electron chi connectivity index (χ4n) is 2.63. The van der Waals surface area contributed by atoms with Gasteiger partial charge in [0.2, 0.25) is 0 Å². The Morgan fingerprint density at radius 3 is 2.46 bits per heavy atom. The third-order valence-corrected chi connectivity index (χ3v) is 3.85. The molecule has 13 heavy (non-hydrogen) atoms. The van der Waals surface area contributed by atoms with Crippen molar-refractivity contribution in [1.29, 1.82) is 0 Å². The highest BCUT2D eigenvalue weighted by atomic mass is 19.3. The van der Waals surface area contributed by atoms with E-state index < -0.39 is 11.3 Å². The maximum absolute atomic E-state index is 13.3. The Labute approximate surface area is 78.1 Å². The van der Waals surface area contributed by atoms with Crippen LogP contribution < -0.4 is 0 Å². The smallest absolute Gasteiger partial charge is 0.258 e. The Bertz CT molecular complexity index is 227. The van der Waals surface area contributed by atoms with E-state index in [-0.39, 0.29) is 5.92 Å². The van der Waals surface area contributed by atoms with Gasteiger partial charge in [0.25, 0.3) is 5.92 Å². The molecule has 0 aromatic carbocycles. The van der Waals surface area contributed by atoms with Crippen LogP contribution in [-0.2, 0) is 0 Å². The molecule has 1 aliphatic heterocycles. The van der Waals surface area contributed by atoms with Crippen LogP contribution in [0.1, 0.15) is 27.2 Å². The van der Waals surface area contributed by atoms with Crippen molar-refractivity contribution in [3.8, 4) is 0 Å². The summed E-state index contributed by atoms with van der Waals surface area (Å²) < 4.78 is 26.6. The molecule has 1 heterocycles. The van der Waals surface area contributed by atoms with Crippen molar-refractivity contribution in [2.45, 2.75) is 39.2 Å². The predicted octanol–water partition coefficient (Wildman–Crippen LogP) is 2.37. The summed E-state index contributed by atoms with van der Waals surface area (Å²) >= 11 is 0. The molecule has 2 aliphatic rings. The molecule has 1 aliphatic carbocycles. The molecule has 0 amide bonds. The van der Waals surface area contributed by atoms with Crippen molar-refractivity contribution in [3.05, 3.63) is 0 Å². The maximum atomic E-state index is 13.3. The van der Waals surface area contributed by atoms with Crippen LogP contribution in [0.5, 0.6) is 0 Å². The van der Waals surface area contributed by atoms with Crippen LogP contribution in [0.15, 0.2) is 0 Å². The van der Waals surface area contributed by atoms with Crippen LogP contribution in [0.2, 0.25) is 0 Å². The summed E-state index contributed by atoms with van der Waals surface area (Å²) in [4.78, 5) is 2.16. The minimum atomic E-state index is -2.39. The summed E-state index contributed by atoms with van der Waals surface area (Å²) in [5.74, 6) is -2.73. The predicted molar refractivity (Wildman–Crippen MR) is 47.9 cm³/mol. The average molecular weight is 189 g/mol. The van der Waals surface area contributed by atoms with E-state index in [1.807, 2.05) is 0 Å². The lowest BCUT2D eigenvalue weighted by Gasteiger charge is -2.32. The first-order valence-electron chi connectivity index (χ1n) is 5.01. The fraction of sp³-hybridized carbons (Fsp3) is 1.00. The first-order chi connectivity index (χ1) is 5.89. The molecule has 0 aromatic heterocycles. The molecule has 2 fully saturated rings. The van der Waals surface area contributed by atoms with E-state index in [0.717, 1.165) is 6.54 Å². The molecule has 1 nitrogen and oxygen atoms in total. The molecule has 0 aromatic rings. The third kappa shape index (κ3) is 1.06. The molecule has 0 spiro atoms. The second kappa shape index (κ2) is 2.44. The average Bonchev–Trinajstić information content (AvgIpc) is 2.46. The standard InChI is InChI=1S/C10H17F2N/c1-7(2)13-5-4-8-9(3,6-13)10(8,11)12/h7-8H,4-6H2,1-3H3. The highest BCUT2D eigenvalue weighted by Crippen LogP contribution is 2.69. The molecule has 1 saturated heterocycles. The van der Waals surface area contributed by atoms with Crippen LogP contribution in [-0.4, -0.2) is 30.0 Å². The van der Waals surface area contributed by atoms with Gasteiger partial charge in [-0.2, -0.15) is 0 Å². The first kappa shape index (κ1) is 9.38. The highest BCUT2D eigenvalue weighted by Gasteiger charge is 2.78. The summed E-state index contributed by atoms with van der Waals surface area (Å²) in [6.07, 6.45) is 0.668. The van der Waals surface area contributed by atoms with Gasteiger partial charge in [0.1, 0.15) is 0 Å². The van der Waals surface area contributed by atoms with Gasteiger partial charge in [0.05, 0.1) is 5.41 Å². The van der Waals surface area contributed by atoms with Gasteiger partial charge in [0, 0.05) is 18.5 Å². The minimum Gasteiger partial charge on any atom is -0.300 e. The highest BCUT2D eigenvalue weighted by molar-refractivity contribution is 5.18. The fourth-order valence-corrected chi connectivity index (χ4v) is 2.63. The maximum Gasteiger partial charge on any atom is 0.258 e. The van der Waals surface area contributed by atoms with Crippen LogP contribution >= 0.6 is 0 Å². The summed E-state index contributed by atoms with van der Waals surface area (Å²) in [6.45, 7) is 7.29. The van der Waals surface area contributed by atoms with Crippen molar-refractivity contribution in [1.82, 2.24) is 4.90 Å². The number of likely N-dealkylation sites (tertiary alicyclic amines) is 1. The van der Waals surface area contributed by atoms with E-state index in [4.69, 9.17) is 0 Å².